The summed E-state index contributed by atoms with van der Waals surface area (Å²) < 4.78 is 0. The van der Waals surface area contributed by atoms with Crippen LogP contribution in [0.3, 0.4) is 0 Å². The van der Waals surface area contributed by atoms with Gasteiger partial charge in [0.15, 0.2) is 0 Å². The van der Waals surface area contributed by atoms with Crippen LogP contribution in [0.2, 0.25) is 0 Å². The molecule has 0 amide bonds. The zero-order chi connectivity index (χ0) is 10.8. The van der Waals surface area contributed by atoms with E-state index in [-0.39, 0.29) is 0 Å². The molecule has 0 spiro atoms. The van der Waals surface area contributed by atoms with E-state index in [1.54, 1.807) is 0 Å². The van der Waals surface area contributed by atoms with Gasteiger partial charge in [-0.1, -0.05) is 26.7 Å². The maximum absolute atomic E-state index is 8.65. The van der Waals surface area contributed by atoms with Crippen molar-refractivity contribution in [2.45, 2.75) is 46.0 Å². The van der Waals surface area contributed by atoms with Gasteiger partial charge in [0.25, 0.3) is 0 Å². The van der Waals surface area contributed by atoms with E-state index in [0.717, 1.165) is 18.9 Å². The van der Waals surface area contributed by atoms with Gasteiger partial charge in [0.1, 0.15) is 0 Å². The van der Waals surface area contributed by atoms with Crippen molar-refractivity contribution in [3.63, 3.8) is 0 Å². The topological polar surface area (TPSA) is 23.5 Å². The molecule has 1 aliphatic rings. The molecule has 2 nitrogen and oxygen atoms in total. The first kappa shape index (κ1) is 13.9. The molecule has 0 aromatic carbocycles. The van der Waals surface area contributed by atoms with Crippen molar-refractivity contribution in [3.8, 4) is 0 Å². The molecule has 1 saturated carbocycles. The van der Waals surface area contributed by atoms with Crippen LogP contribution < -0.4 is 0 Å². The molecule has 2 heteroatoms. The van der Waals surface area contributed by atoms with Crippen LogP contribution in [-0.4, -0.2) is 36.8 Å². The molecule has 0 saturated heterocycles. The molecule has 1 aliphatic carbocycles. The molecule has 14 heavy (non-hydrogen) atoms. The normalized spacial score (nSPS) is 16.9. The summed E-state index contributed by atoms with van der Waals surface area (Å²) >= 11 is 0. The monoisotopic (exact) mass is 201 g/mol. The van der Waals surface area contributed by atoms with Gasteiger partial charge in [-0.05, 0) is 32.2 Å². The molecule has 0 aliphatic heterocycles. The molecule has 0 bridgehead atoms. The predicted octanol–water partition coefficient (Wildman–Crippen LogP) is 2.52. The van der Waals surface area contributed by atoms with Crippen molar-refractivity contribution < 1.29 is 5.11 Å². The summed E-state index contributed by atoms with van der Waals surface area (Å²) in [6.07, 6.45) is 6.62. The second-order valence-corrected chi connectivity index (χ2v) is 3.99. The van der Waals surface area contributed by atoms with Crippen molar-refractivity contribution in [1.82, 2.24) is 4.90 Å². The summed E-state index contributed by atoms with van der Waals surface area (Å²) in [5.74, 6) is 0.939. The molecule has 0 atom stereocenters. The van der Waals surface area contributed by atoms with Crippen LogP contribution in [-0.2, 0) is 0 Å². The first-order chi connectivity index (χ1) is 6.83. The summed E-state index contributed by atoms with van der Waals surface area (Å²) in [7, 11) is 2.16. The molecule has 1 N–H and O–H groups in total. The van der Waals surface area contributed by atoms with Gasteiger partial charge in [-0.15, -0.1) is 0 Å². The van der Waals surface area contributed by atoms with Crippen molar-refractivity contribution in [2.24, 2.45) is 5.92 Å². The van der Waals surface area contributed by atoms with Crippen molar-refractivity contribution >= 4 is 0 Å². The Kier molecular flexibility index (Phi) is 9.42. The van der Waals surface area contributed by atoms with Gasteiger partial charge in [0.05, 0.1) is 0 Å². The van der Waals surface area contributed by atoms with Gasteiger partial charge in [-0.2, -0.15) is 0 Å². The highest BCUT2D eigenvalue weighted by molar-refractivity contribution is 4.70. The second-order valence-electron chi connectivity index (χ2n) is 3.99. The van der Waals surface area contributed by atoms with E-state index in [9.17, 15) is 0 Å². The smallest absolute Gasteiger partial charge is 0.0443 e. The molecule has 86 valence electrons. The Balaban J connectivity index is 0.000000791. The van der Waals surface area contributed by atoms with Crippen LogP contribution in [0.5, 0.6) is 0 Å². The van der Waals surface area contributed by atoms with E-state index in [0.29, 0.717) is 6.61 Å². The standard InChI is InChI=1S/C10H21NO.C2H6/c1-11(7-4-8-12)9-10-5-2-3-6-10;1-2/h10,12H,2-9H2,1H3;1-2H3. The minimum atomic E-state index is 0.328. The van der Waals surface area contributed by atoms with Crippen molar-refractivity contribution in [3.05, 3.63) is 0 Å². The van der Waals surface area contributed by atoms with Crippen LogP contribution in [0.4, 0.5) is 0 Å². The lowest BCUT2D eigenvalue weighted by Gasteiger charge is -2.19. The first-order valence-electron chi connectivity index (χ1n) is 6.12. The summed E-state index contributed by atoms with van der Waals surface area (Å²) in [5, 5.41) is 8.65. The molecule has 0 unspecified atom stereocenters. The second kappa shape index (κ2) is 9.47. The van der Waals surface area contributed by atoms with Gasteiger partial charge < -0.3 is 10.0 Å². The van der Waals surface area contributed by atoms with Gasteiger partial charge in [-0.25, -0.2) is 0 Å². The Labute approximate surface area is 89.3 Å². The Bertz CT molecular complexity index is 111. The number of hydrogen-bond acceptors (Lipinski definition) is 2. The SMILES string of the molecule is CC.CN(CCCO)CC1CCCC1. The Morgan fingerprint density at radius 2 is 1.79 bits per heavy atom. The largest absolute Gasteiger partial charge is 0.396 e. The third kappa shape index (κ3) is 6.39. The maximum Gasteiger partial charge on any atom is 0.0443 e. The molecule has 0 aromatic heterocycles. The van der Waals surface area contributed by atoms with E-state index < -0.39 is 0 Å². The minimum absolute atomic E-state index is 0.328. The zero-order valence-electron chi connectivity index (χ0n) is 10.1. The zero-order valence-corrected chi connectivity index (χ0v) is 10.1. The van der Waals surface area contributed by atoms with Crippen LogP contribution in [0.25, 0.3) is 0 Å². The fourth-order valence-electron chi connectivity index (χ4n) is 2.07. The van der Waals surface area contributed by atoms with Crippen LogP contribution >= 0.6 is 0 Å². The Morgan fingerprint density at radius 3 is 2.29 bits per heavy atom. The van der Waals surface area contributed by atoms with Crippen LogP contribution in [0, 0.1) is 5.92 Å². The van der Waals surface area contributed by atoms with E-state index >= 15 is 0 Å². The van der Waals surface area contributed by atoms with Gasteiger partial charge in [0.2, 0.25) is 0 Å². The Morgan fingerprint density at radius 1 is 1.21 bits per heavy atom. The highest BCUT2D eigenvalue weighted by Gasteiger charge is 2.16. The van der Waals surface area contributed by atoms with Crippen LogP contribution in [0.15, 0.2) is 0 Å². The Hall–Kier alpha value is -0.0800. The fraction of sp³-hybridized carbons (Fsp3) is 1.00. The number of aliphatic hydroxyl groups excluding tert-OH is 1. The number of aliphatic hydroxyl groups is 1. The molecule has 0 radical (unpaired) electrons. The van der Waals surface area contributed by atoms with E-state index in [4.69, 9.17) is 5.11 Å². The lowest BCUT2D eigenvalue weighted by atomic mass is 10.1. The third-order valence-corrected chi connectivity index (χ3v) is 2.74. The molecular formula is C12H27NO. The predicted molar refractivity (Wildman–Crippen MR) is 62.5 cm³/mol. The molecule has 1 fully saturated rings. The summed E-state index contributed by atoms with van der Waals surface area (Å²) in [6.45, 7) is 6.61. The highest BCUT2D eigenvalue weighted by atomic mass is 16.3. The van der Waals surface area contributed by atoms with E-state index in [1.165, 1.54) is 32.2 Å². The summed E-state index contributed by atoms with van der Waals surface area (Å²) in [5.41, 5.74) is 0. The average molecular weight is 201 g/mol. The quantitative estimate of drug-likeness (QED) is 0.739. The molecule has 0 aromatic rings. The first-order valence-corrected chi connectivity index (χ1v) is 6.12. The highest BCUT2D eigenvalue weighted by Crippen LogP contribution is 2.24. The van der Waals surface area contributed by atoms with Crippen molar-refractivity contribution in [1.29, 1.82) is 0 Å². The maximum atomic E-state index is 8.65. The summed E-state index contributed by atoms with van der Waals surface area (Å²) in [6, 6.07) is 0. The molecular weight excluding hydrogens is 174 g/mol. The lowest BCUT2D eigenvalue weighted by molar-refractivity contribution is 0.229. The molecule has 0 heterocycles. The lowest BCUT2D eigenvalue weighted by Crippen LogP contribution is -2.26. The number of hydrogen-bond donors (Lipinski definition) is 1. The average Bonchev–Trinajstić information content (AvgIpc) is 2.70. The van der Waals surface area contributed by atoms with Crippen LogP contribution in [0.1, 0.15) is 46.0 Å². The van der Waals surface area contributed by atoms with Gasteiger partial charge in [0, 0.05) is 19.7 Å². The van der Waals surface area contributed by atoms with Gasteiger partial charge in [-0.3, -0.25) is 0 Å². The minimum Gasteiger partial charge on any atom is -0.396 e. The number of rotatable bonds is 5. The van der Waals surface area contributed by atoms with E-state index in [1.807, 2.05) is 13.8 Å². The third-order valence-electron chi connectivity index (χ3n) is 2.74. The molecule has 1 rings (SSSR count). The summed E-state index contributed by atoms with van der Waals surface area (Å²) in [4.78, 5) is 2.35. The number of nitrogens with zero attached hydrogens (tertiary/aromatic N) is 1. The van der Waals surface area contributed by atoms with E-state index in [2.05, 4.69) is 11.9 Å². The fourth-order valence-corrected chi connectivity index (χ4v) is 2.07. The van der Waals surface area contributed by atoms with Gasteiger partial charge >= 0.3 is 0 Å². The van der Waals surface area contributed by atoms with Crippen molar-refractivity contribution in [2.75, 3.05) is 26.7 Å².